The maximum atomic E-state index is 10.0. The predicted octanol–water partition coefficient (Wildman–Crippen LogP) is 1.54. The van der Waals surface area contributed by atoms with E-state index in [9.17, 15) is 5.02 Å². The fourth-order valence-corrected chi connectivity index (χ4v) is 3.37. The third-order valence-electron chi connectivity index (χ3n) is 4.84. The Hall–Kier alpha value is -2.64. The van der Waals surface area contributed by atoms with Crippen molar-refractivity contribution < 1.29 is 9.76 Å². The summed E-state index contributed by atoms with van der Waals surface area (Å²) in [5.41, 5.74) is 11.5. The molecule has 0 spiro atoms. The van der Waals surface area contributed by atoms with Crippen LogP contribution in [-0.4, -0.2) is 48.4 Å². The molecule has 1 aliphatic heterocycles. The molecule has 0 bridgehead atoms. The van der Waals surface area contributed by atoms with Gasteiger partial charge in [-0.25, -0.2) is 0 Å². The number of hydrogen-bond donors (Lipinski definition) is 2. The number of anilines is 2. The molecule has 0 saturated carbocycles. The van der Waals surface area contributed by atoms with Crippen molar-refractivity contribution in [3.8, 4) is 11.1 Å². The summed E-state index contributed by atoms with van der Waals surface area (Å²) >= 11 is 0. The number of aromatic nitrogens is 2. The summed E-state index contributed by atoms with van der Waals surface area (Å²) in [5, 5.41) is 19.1. The Bertz CT molecular complexity index is 942. The van der Waals surface area contributed by atoms with Gasteiger partial charge in [-0.2, -0.15) is 10.2 Å². The van der Waals surface area contributed by atoms with Gasteiger partial charge in [-0.05, 0) is 29.2 Å². The Morgan fingerprint density at radius 1 is 1.15 bits per heavy atom. The quantitative estimate of drug-likeness (QED) is 0.699. The van der Waals surface area contributed by atoms with Crippen LogP contribution >= 0.6 is 0 Å². The van der Waals surface area contributed by atoms with E-state index in [2.05, 4.69) is 27.2 Å². The molecular weight excluding hydrogens is 327 g/mol. The zero-order chi connectivity index (χ0) is 18.1. The molecule has 0 amide bonds. The van der Waals surface area contributed by atoms with Crippen LogP contribution < -0.4 is 16.1 Å². The second kappa shape index (κ2) is 6.94. The SMILES string of the molecule is CB(O)c1ccc(N2CCOCC2)c(-c2ccc3c(N)cnnc3c2)c1. The van der Waals surface area contributed by atoms with Gasteiger partial charge in [0.15, 0.2) is 0 Å². The van der Waals surface area contributed by atoms with Gasteiger partial charge in [-0.3, -0.25) is 0 Å². The number of benzene rings is 2. The van der Waals surface area contributed by atoms with Crippen molar-refractivity contribution >= 4 is 34.7 Å². The Kier molecular flexibility index (Phi) is 4.49. The van der Waals surface area contributed by atoms with Crippen LogP contribution in [0.2, 0.25) is 6.82 Å². The van der Waals surface area contributed by atoms with Gasteiger partial charge in [0, 0.05) is 29.7 Å². The average molecular weight is 348 g/mol. The zero-order valence-corrected chi connectivity index (χ0v) is 14.7. The molecule has 132 valence electrons. The van der Waals surface area contributed by atoms with Crippen LogP contribution in [0.1, 0.15) is 0 Å². The maximum absolute atomic E-state index is 10.0. The summed E-state index contributed by atoms with van der Waals surface area (Å²) in [6.07, 6.45) is 1.56. The van der Waals surface area contributed by atoms with Gasteiger partial charge in [0.1, 0.15) is 0 Å². The van der Waals surface area contributed by atoms with E-state index in [0.717, 1.165) is 59.5 Å². The highest BCUT2D eigenvalue weighted by atomic mass is 16.5. The van der Waals surface area contributed by atoms with Crippen LogP contribution in [0, 0.1) is 0 Å². The fraction of sp³-hybridized carbons (Fsp3) is 0.263. The van der Waals surface area contributed by atoms with E-state index < -0.39 is 6.92 Å². The van der Waals surface area contributed by atoms with Crippen LogP contribution in [0.25, 0.3) is 22.0 Å². The summed E-state index contributed by atoms with van der Waals surface area (Å²) in [7, 11) is 0. The van der Waals surface area contributed by atoms with Crippen LogP contribution in [0.4, 0.5) is 11.4 Å². The molecule has 1 saturated heterocycles. The molecule has 2 aromatic carbocycles. The lowest BCUT2D eigenvalue weighted by Crippen LogP contribution is -2.37. The standard InChI is InChI=1S/C19H21BN4O2/c1-20(25)14-3-5-19(24-6-8-26-9-7-24)16(11-14)13-2-4-15-17(21)12-22-23-18(15)10-13/h2-5,10-12,25H,6-9H2,1H3,(H2,21,23). The molecular formula is C19H21BN4O2. The predicted molar refractivity (Wildman–Crippen MR) is 106 cm³/mol. The number of rotatable bonds is 3. The van der Waals surface area contributed by atoms with E-state index in [1.54, 1.807) is 13.0 Å². The monoisotopic (exact) mass is 348 g/mol. The second-order valence-electron chi connectivity index (χ2n) is 6.58. The first kappa shape index (κ1) is 16.8. The van der Waals surface area contributed by atoms with Gasteiger partial charge < -0.3 is 20.4 Å². The van der Waals surface area contributed by atoms with Crippen molar-refractivity contribution in [2.24, 2.45) is 0 Å². The molecule has 26 heavy (non-hydrogen) atoms. The van der Waals surface area contributed by atoms with E-state index in [1.165, 1.54) is 0 Å². The first-order valence-electron chi connectivity index (χ1n) is 8.79. The summed E-state index contributed by atoms with van der Waals surface area (Å²) < 4.78 is 5.49. The smallest absolute Gasteiger partial charge is 0.320 e. The molecule has 0 aliphatic carbocycles. The molecule has 3 N–H and O–H groups in total. The largest absolute Gasteiger partial charge is 0.447 e. The first-order chi connectivity index (χ1) is 12.6. The summed E-state index contributed by atoms with van der Waals surface area (Å²) in [6, 6.07) is 12.1. The number of fused-ring (bicyclic) bond motifs is 1. The van der Waals surface area contributed by atoms with Gasteiger partial charge in [0.05, 0.1) is 30.6 Å². The lowest BCUT2D eigenvalue weighted by Gasteiger charge is -2.31. The molecule has 0 atom stereocenters. The summed E-state index contributed by atoms with van der Waals surface area (Å²) in [5.74, 6) is 0. The molecule has 2 heterocycles. The highest BCUT2D eigenvalue weighted by Gasteiger charge is 2.18. The van der Waals surface area contributed by atoms with Crippen molar-refractivity contribution in [2.75, 3.05) is 36.9 Å². The summed E-state index contributed by atoms with van der Waals surface area (Å²) in [4.78, 5) is 2.32. The van der Waals surface area contributed by atoms with Crippen LogP contribution in [0.3, 0.4) is 0 Å². The Morgan fingerprint density at radius 3 is 2.73 bits per heavy atom. The molecule has 1 aromatic heterocycles. The molecule has 6 nitrogen and oxygen atoms in total. The van der Waals surface area contributed by atoms with E-state index in [0.29, 0.717) is 5.69 Å². The highest BCUT2D eigenvalue weighted by Crippen LogP contribution is 2.33. The topological polar surface area (TPSA) is 84.5 Å². The normalized spacial score (nSPS) is 14.6. The van der Waals surface area contributed by atoms with Gasteiger partial charge in [0.25, 0.3) is 0 Å². The molecule has 7 heteroatoms. The number of ether oxygens (including phenoxy) is 1. The van der Waals surface area contributed by atoms with Gasteiger partial charge in [0.2, 0.25) is 0 Å². The van der Waals surface area contributed by atoms with Crippen LogP contribution in [-0.2, 0) is 4.74 Å². The van der Waals surface area contributed by atoms with Crippen molar-refractivity contribution in [3.05, 3.63) is 42.6 Å². The number of nitrogens with two attached hydrogens (primary N) is 1. The molecule has 4 rings (SSSR count). The fourth-order valence-electron chi connectivity index (χ4n) is 3.37. The molecule has 3 aromatic rings. The Labute approximate surface area is 152 Å². The second-order valence-corrected chi connectivity index (χ2v) is 6.58. The molecule has 1 aliphatic rings. The Balaban J connectivity index is 1.86. The number of hydrogen-bond acceptors (Lipinski definition) is 6. The zero-order valence-electron chi connectivity index (χ0n) is 14.7. The highest BCUT2D eigenvalue weighted by molar-refractivity contribution is 6.64. The lowest BCUT2D eigenvalue weighted by molar-refractivity contribution is 0.123. The van der Waals surface area contributed by atoms with E-state index in [4.69, 9.17) is 10.5 Å². The Morgan fingerprint density at radius 2 is 1.96 bits per heavy atom. The minimum atomic E-state index is -0.525. The van der Waals surface area contributed by atoms with E-state index in [1.807, 2.05) is 24.3 Å². The minimum Gasteiger partial charge on any atom is -0.447 e. The molecule has 0 radical (unpaired) electrons. The van der Waals surface area contributed by atoms with Gasteiger partial charge >= 0.3 is 6.92 Å². The van der Waals surface area contributed by atoms with Crippen molar-refractivity contribution in [1.29, 1.82) is 0 Å². The van der Waals surface area contributed by atoms with E-state index >= 15 is 0 Å². The molecule has 1 fully saturated rings. The van der Waals surface area contributed by atoms with Crippen molar-refractivity contribution in [1.82, 2.24) is 10.2 Å². The van der Waals surface area contributed by atoms with Crippen LogP contribution in [0.15, 0.2) is 42.6 Å². The van der Waals surface area contributed by atoms with Gasteiger partial charge in [-0.15, -0.1) is 0 Å². The number of morpholine rings is 1. The van der Waals surface area contributed by atoms with Crippen molar-refractivity contribution in [3.63, 3.8) is 0 Å². The minimum absolute atomic E-state index is 0.525. The first-order valence-corrected chi connectivity index (χ1v) is 8.79. The number of nitrogens with zero attached hydrogens (tertiary/aromatic N) is 3. The van der Waals surface area contributed by atoms with Crippen LogP contribution in [0.5, 0.6) is 0 Å². The van der Waals surface area contributed by atoms with Crippen molar-refractivity contribution in [2.45, 2.75) is 6.82 Å². The number of nitrogen functional groups attached to an aromatic ring is 1. The molecule has 0 unspecified atom stereocenters. The van der Waals surface area contributed by atoms with Gasteiger partial charge in [-0.1, -0.05) is 25.0 Å². The summed E-state index contributed by atoms with van der Waals surface area (Å²) in [6.45, 7) is 4.39. The van der Waals surface area contributed by atoms with E-state index in [-0.39, 0.29) is 0 Å². The third kappa shape index (κ3) is 3.11. The average Bonchev–Trinajstić information content (AvgIpc) is 2.68. The lowest BCUT2D eigenvalue weighted by atomic mass is 9.64. The third-order valence-corrected chi connectivity index (χ3v) is 4.84. The maximum Gasteiger partial charge on any atom is 0.320 e.